The fourth-order valence-electron chi connectivity index (χ4n) is 4.55. The molecule has 2 aromatic heterocycles. The molecule has 31 heavy (non-hydrogen) atoms. The molecule has 7 heteroatoms. The second kappa shape index (κ2) is 8.89. The zero-order valence-electron chi connectivity index (χ0n) is 17.5. The Hall–Kier alpha value is -3.19. The Labute approximate surface area is 181 Å². The van der Waals surface area contributed by atoms with Gasteiger partial charge in [0.1, 0.15) is 5.75 Å². The summed E-state index contributed by atoms with van der Waals surface area (Å²) in [6.45, 7) is 3.54. The number of para-hydroxylation sites is 1. The summed E-state index contributed by atoms with van der Waals surface area (Å²) >= 11 is 0. The van der Waals surface area contributed by atoms with Gasteiger partial charge in [-0.2, -0.15) is 0 Å². The maximum absolute atomic E-state index is 12.4. The maximum Gasteiger partial charge on any atom is 0.252 e. The van der Waals surface area contributed by atoms with Gasteiger partial charge >= 0.3 is 0 Å². The van der Waals surface area contributed by atoms with Gasteiger partial charge in [-0.3, -0.25) is 19.7 Å². The first-order valence-electron chi connectivity index (χ1n) is 11.0. The van der Waals surface area contributed by atoms with Crippen molar-refractivity contribution < 1.29 is 4.74 Å². The Balaban J connectivity index is 1.26. The van der Waals surface area contributed by atoms with E-state index in [4.69, 9.17) is 9.72 Å². The Bertz CT molecular complexity index is 1080. The number of H-pyrrole nitrogens is 1. The van der Waals surface area contributed by atoms with Crippen molar-refractivity contribution in [2.75, 3.05) is 25.0 Å². The van der Waals surface area contributed by atoms with E-state index in [0.29, 0.717) is 18.5 Å². The lowest BCUT2D eigenvalue weighted by atomic mass is 9.93. The van der Waals surface area contributed by atoms with Crippen LogP contribution in [0.25, 0.3) is 0 Å². The van der Waals surface area contributed by atoms with E-state index in [-0.39, 0.29) is 11.6 Å². The van der Waals surface area contributed by atoms with Crippen LogP contribution in [0.2, 0.25) is 0 Å². The van der Waals surface area contributed by atoms with Gasteiger partial charge in [0.2, 0.25) is 5.95 Å². The van der Waals surface area contributed by atoms with Crippen molar-refractivity contribution in [3.05, 3.63) is 82.0 Å². The summed E-state index contributed by atoms with van der Waals surface area (Å²) < 4.78 is 5.75. The normalized spacial score (nSPS) is 19.4. The molecule has 3 aromatic rings. The molecular weight excluding hydrogens is 390 g/mol. The van der Waals surface area contributed by atoms with Crippen molar-refractivity contribution in [1.29, 1.82) is 0 Å². The smallest absolute Gasteiger partial charge is 0.252 e. The molecule has 0 spiro atoms. The van der Waals surface area contributed by atoms with Crippen LogP contribution in [0, 0.1) is 0 Å². The van der Waals surface area contributed by atoms with Crippen LogP contribution < -0.4 is 15.6 Å². The lowest BCUT2D eigenvalue weighted by Crippen LogP contribution is -2.33. The number of fused-ring (bicyclic) bond motifs is 1. The molecule has 4 heterocycles. The quantitative estimate of drug-likeness (QED) is 0.661. The van der Waals surface area contributed by atoms with Gasteiger partial charge in [-0.15, -0.1) is 0 Å². The molecule has 160 valence electrons. The van der Waals surface area contributed by atoms with Gasteiger partial charge in [0.15, 0.2) is 0 Å². The predicted molar refractivity (Wildman–Crippen MR) is 119 cm³/mol. The molecule has 2 aliphatic rings. The van der Waals surface area contributed by atoms with E-state index in [0.717, 1.165) is 55.9 Å². The Morgan fingerprint density at radius 2 is 2.00 bits per heavy atom. The predicted octanol–water partition coefficient (Wildman–Crippen LogP) is 3.48. The number of aromatic nitrogens is 3. The summed E-state index contributed by atoms with van der Waals surface area (Å²) in [5, 5.41) is 3.43. The van der Waals surface area contributed by atoms with Crippen LogP contribution in [0.1, 0.15) is 48.0 Å². The molecule has 1 fully saturated rings. The molecule has 1 saturated heterocycles. The molecule has 2 aliphatic heterocycles. The summed E-state index contributed by atoms with van der Waals surface area (Å²) in [6, 6.07) is 13.9. The van der Waals surface area contributed by atoms with E-state index >= 15 is 0 Å². The van der Waals surface area contributed by atoms with E-state index in [1.807, 2.05) is 30.5 Å². The van der Waals surface area contributed by atoms with Gasteiger partial charge in [0, 0.05) is 42.9 Å². The highest BCUT2D eigenvalue weighted by molar-refractivity contribution is 5.42. The monoisotopic (exact) mass is 417 g/mol. The number of benzene rings is 1. The third kappa shape index (κ3) is 4.61. The molecule has 2 N–H and O–H groups in total. The largest absolute Gasteiger partial charge is 0.493 e. The molecule has 1 aromatic carbocycles. The Morgan fingerprint density at radius 1 is 1.13 bits per heavy atom. The van der Waals surface area contributed by atoms with Crippen LogP contribution in [-0.4, -0.2) is 39.5 Å². The highest BCUT2D eigenvalue weighted by atomic mass is 16.5. The van der Waals surface area contributed by atoms with Gasteiger partial charge in [0.25, 0.3) is 5.56 Å². The number of rotatable bonds is 5. The molecular formula is C24H27N5O2. The summed E-state index contributed by atoms with van der Waals surface area (Å²) in [6.07, 6.45) is 6.56. The van der Waals surface area contributed by atoms with Crippen LogP contribution in [0.4, 0.5) is 5.95 Å². The number of nitrogens with zero attached hydrogens (tertiary/aromatic N) is 3. The Kier molecular flexibility index (Phi) is 5.67. The van der Waals surface area contributed by atoms with Gasteiger partial charge in [-0.05, 0) is 43.6 Å². The van der Waals surface area contributed by atoms with Crippen molar-refractivity contribution in [1.82, 2.24) is 19.9 Å². The highest BCUT2D eigenvalue weighted by Gasteiger charge is 2.24. The van der Waals surface area contributed by atoms with Crippen LogP contribution >= 0.6 is 0 Å². The minimum atomic E-state index is -0.106. The van der Waals surface area contributed by atoms with Crippen molar-refractivity contribution in [3.8, 4) is 5.75 Å². The molecule has 0 radical (unpaired) electrons. The fraction of sp³-hybridized carbons (Fsp3) is 0.375. The van der Waals surface area contributed by atoms with Gasteiger partial charge in [0.05, 0.1) is 18.3 Å². The first-order chi connectivity index (χ1) is 15.2. The van der Waals surface area contributed by atoms with Gasteiger partial charge in [-0.25, -0.2) is 4.98 Å². The van der Waals surface area contributed by atoms with E-state index in [1.165, 1.54) is 5.56 Å². The average molecular weight is 418 g/mol. The van der Waals surface area contributed by atoms with E-state index in [2.05, 4.69) is 32.3 Å². The fourth-order valence-corrected chi connectivity index (χ4v) is 4.55. The van der Waals surface area contributed by atoms with E-state index in [9.17, 15) is 4.79 Å². The summed E-state index contributed by atoms with van der Waals surface area (Å²) in [4.78, 5) is 26.7. The van der Waals surface area contributed by atoms with E-state index in [1.54, 1.807) is 12.3 Å². The maximum atomic E-state index is 12.4. The van der Waals surface area contributed by atoms with Crippen molar-refractivity contribution in [3.63, 3.8) is 0 Å². The third-order valence-electron chi connectivity index (χ3n) is 6.17. The number of aromatic amines is 1. The Morgan fingerprint density at radius 3 is 2.84 bits per heavy atom. The van der Waals surface area contributed by atoms with Crippen LogP contribution in [-0.2, 0) is 6.54 Å². The van der Waals surface area contributed by atoms with Crippen molar-refractivity contribution in [2.24, 2.45) is 0 Å². The highest BCUT2D eigenvalue weighted by Crippen LogP contribution is 2.34. The molecule has 5 rings (SSSR count). The van der Waals surface area contributed by atoms with Crippen molar-refractivity contribution in [2.45, 2.75) is 37.8 Å². The number of piperidine rings is 1. The molecule has 1 atom stereocenters. The first kappa shape index (κ1) is 19.8. The van der Waals surface area contributed by atoms with Crippen LogP contribution in [0.5, 0.6) is 5.75 Å². The van der Waals surface area contributed by atoms with Crippen LogP contribution in [0.3, 0.4) is 0 Å². The van der Waals surface area contributed by atoms with Crippen molar-refractivity contribution >= 4 is 5.95 Å². The summed E-state index contributed by atoms with van der Waals surface area (Å²) in [7, 11) is 0. The minimum Gasteiger partial charge on any atom is -0.493 e. The lowest BCUT2D eigenvalue weighted by molar-refractivity contribution is 0.203. The van der Waals surface area contributed by atoms with E-state index < -0.39 is 0 Å². The topological polar surface area (TPSA) is 83.1 Å². The zero-order chi connectivity index (χ0) is 21.0. The number of hydrogen-bond acceptors (Lipinski definition) is 6. The molecule has 0 saturated carbocycles. The summed E-state index contributed by atoms with van der Waals surface area (Å²) in [5.41, 5.74) is 3.11. The minimum absolute atomic E-state index is 0.0738. The number of hydrogen-bond donors (Lipinski definition) is 2. The summed E-state index contributed by atoms with van der Waals surface area (Å²) in [5.74, 6) is 1.74. The van der Waals surface area contributed by atoms with Gasteiger partial charge in [-0.1, -0.05) is 24.3 Å². The molecule has 7 nitrogen and oxygen atoms in total. The number of anilines is 1. The second-order valence-electron chi connectivity index (χ2n) is 8.30. The third-order valence-corrected chi connectivity index (χ3v) is 6.17. The average Bonchev–Trinajstić information content (AvgIpc) is 2.80. The molecule has 0 amide bonds. The standard InChI is InChI=1S/C24H27N5O2/c30-23-14-21(18-7-11-29(12-8-18)16-17-4-3-10-25-15-17)27-24(28-23)26-20-9-13-31-22-6-2-1-5-19(20)22/h1-6,10,14-15,18,20H,7-9,11-13,16H2,(H2,26,27,28,30)/t20-/m0/s1. The number of nitrogens with one attached hydrogen (secondary N) is 2. The first-order valence-corrected chi connectivity index (χ1v) is 11.0. The van der Waals surface area contributed by atoms with Gasteiger partial charge < -0.3 is 10.1 Å². The molecule has 0 unspecified atom stereocenters. The number of likely N-dealkylation sites (tertiary alicyclic amines) is 1. The molecule has 0 bridgehead atoms. The molecule has 0 aliphatic carbocycles. The lowest BCUT2D eigenvalue weighted by Gasteiger charge is -2.32. The number of pyridine rings is 1. The SMILES string of the molecule is O=c1cc(C2CCN(Cc3cccnc3)CC2)nc(N[C@H]2CCOc3ccccc32)[nH]1. The number of ether oxygens (including phenoxy) is 1. The second-order valence-corrected chi connectivity index (χ2v) is 8.30. The zero-order valence-corrected chi connectivity index (χ0v) is 17.5. The van der Waals surface area contributed by atoms with Crippen LogP contribution in [0.15, 0.2) is 59.7 Å².